The monoisotopic (exact) mass is 411 g/mol. The summed E-state index contributed by atoms with van der Waals surface area (Å²) < 4.78 is 32.2. The van der Waals surface area contributed by atoms with Gasteiger partial charge in [0.25, 0.3) is 0 Å². The molecule has 4 rings (SSSR count). The van der Waals surface area contributed by atoms with E-state index in [1.165, 1.54) is 25.3 Å². The molecule has 1 amide bonds. The van der Waals surface area contributed by atoms with E-state index >= 15 is 0 Å². The van der Waals surface area contributed by atoms with Gasteiger partial charge in [-0.2, -0.15) is 5.26 Å². The second kappa shape index (κ2) is 8.31. The average molecular weight is 411 g/mol. The minimum Gasteiger partial charge on any atom is -0.494 e. The minimum atomic E-state index is -0.429. The van der Waals surface area contributed by atoms with Crippen molar-refractivity contribution in [1.82, 2.24) is 4.90 Å². The van der Waals surface area contributed by atoms with E-state index in [2.05, 4.69) is 0 Å². The summed E-state index contributed by atoms with van der Waals surface area (Å²) in [6.45, 7) is 1.97. The number of likely N-dealkylation sites (tertiary alicyclic amines) is 1. The Morgan fingerprint density at radius 3 is 2.50 bits per heavy atom. The molecule has 0 aliphatic carbocycles. The summed E-state index contributed by atoms with van der Waals surface area (Å²) >= 11 is 0. The molecule has 2 fully saturated rings. The van der Waals surface area contributed by atoms with E-state index in [0.29, 0.717) is 43.7 Å². The number of carbonyl (C=O) groups excluding carboxylic acids is 1. The quantitative estimate of drug-likeness (QED) is 0.762. The van der Waals surface area contributed by atoms with Gasteiger partial charge >= 0.3 is 0 Å². The van der Waals surface area contributed by atoms with Gasteiger partial charge in [0.2, 0.25) is 5.91 Å². The maximum Gasteiger partial charge on any atom is 0.226 e. The molecule has 7 heteroatoms. The average Bonchev–Trinajstić information content (AvgIpc) is 2.74. The second-order valence-corrected chi connectivity index (χ2v) is 7.76. The highest BCUT2D eigenvalue weighted by Gasteiger charge is 2.38. The summed E-state index contributed by atoms with van der Waals surface area (Å²) in [4.78, 5) is 17.0. The van der Waals surface area contributed by atoms with Gasteiger partial charge in [-0.3, -0.25) is 4.79 Å². The van der Waals surface area contributed by atoms with Crippen molar-refractivity contribution in [1.29, 1.82) is 5.26 Å². The number of anilines is 1. The fourth-order valence-electron chi connectivity index (χ4n) is 4.36. The molecule has 2 aromatic carbocycles. The molecule has 30 heavy (non-hydrogen) atoms. The third kappa shape index (κ3) is 3.70. The van der Waals surface area contributed by atoms with Crippen LogP contribution in [0.3, 0.4) is 0 Å². The zero-order chi connectivity index (χ0) is 21.3. The molecule has 5 nitrogen and oxygen atoms in total. The number of ether oxygens (including phenoxy) is 1. The van der Waals surface area contributed by atoms with Gasteiger partial charge in [-0.15, -0.1) is 0 Å². The number of methoxy groups -OCH3 is 1. The number of piperidine rings is 1. The predicted octanol–water partition coefficient (Wildman–Crippen LogP) is 4.04. The molecule has 2 aliphatic heterocycles. The first-order chi connectivity index (χ1) is 14.5. The summed E-state index contributed by atoms with van der Waals surface area (Å²) in [5.74, 6) is -0.621. The first-order valence-electron chi connectivity index (χ1n) is 10.1. The van der Waals surface area contributed by atoms with Crippen molar-refractivity contribution < 1.29 is 18.3 Å². The first kappa shape index (κ1) is 20.1. The van der Waals surface area contributed by atoms with Gasteiger partial charge in [-0.05, 0) is 55.2 Å². The van der Waals surface area contributed by atoms with E-state index in [1.807, 2.05) is 15.9 Å². The molecule has 2 saturated heterocycles. The standard InChI is InChI=1S/C23H23F2N3O2/c1-30-22-13-16(2-4-19(22)25)21-8-11-28(21)23(29)15-6-9-27(10-7-15)20-5-3-18(24)12-17(20)14-26/h2-5,12-13,15,21H,6-11H2,1H3. The number of carbonyl (C=O) groups is 1. The van der Waals surface area contributed by atoms with Crippen LogP contribution in [0.25, 0.3) is 0 Å². The fourth-order valence-corrected chi connectivity index (χ4v) is 4.36. The highest BCUT2D eigenvalue weighted by atomic mass is 19.1. The normalized spacial score (nSPS) is 19.2. The molecule has 0 radical (unpaired) electrons. The Hall–Kier alpha value is -3.14. The Labute approximate surface area is 174 Å². The van der Waals surface area contributed by atoms with Crippen LogP contribution in [0.15, 0.2) is 36.4 Å². The smallest absolute Gasteiger partial charge is 0.226 e. The van der Waals surface area contributed by atoms with Crippen molar-refractivity contribution in [2.75, 3.05) is 31.6 Å². The van der Waals surface area contributed by atoms with Crippen molar-refractivity contribution in [3.8, 4) is 11.8 Å². The van der Waals surface area contributed by atoms with Crippen molar-refractivity contribution in [3.63, 3.8) is 0 Å². The maximum absolute atomic E-state index is 13.7. The molecule has 2 heterocycles. The van der Waals surface area contributed by atoms with Crippen LogP contribution in [0.5, 0.6) is 5.75 Å². The lowest BCUT2D eigenvalue weighted by atomic mass is 9.89. The Balaban J connectivity index is 1.41. The number of halogens is 2. The number of nitrogens with zero attached hydrogens (tertiary/aromatic N) is 3. The summed E-state index contributed by atoms with van der Waals surface area (Å²) in [6.07, 6.45) is 2.20. The second-order valence-electron chi connectivity index (χ2n) is 7.76. The van der Waals surface area contributed by atoms with Crippen molar-refractivity contribution >= 4 is 11.6 Å². The van der Waals surface area contributed by atoms with E-state index in [1.54, 1.807) is 18.2 Å². The van der Waals surface area contributed by atoms with Crippen LogP contribution in [0, 0.1) is 28.9 Å². The van der Waals surface area contributed by atoms with Gasteiger partial charge in [-0.1, -0.05) is 6.07 Å². The highest BCUT2D eigenvalue weighted by molar-refractivity contribution is 5.80. The van der Waals surface area contributed by atoms with Crippen LogP contribution < -0.4 is 9.64 Å². The minimum absolute atomic E-state index is 0.0488. The van der Waals surface area contributed by atoms with E-state index in [9.17, 15) is 18.8 Å². The van der Waals surface area contributed by atoms with Gasteiger partial charge in [0.1, 0.15) is 11.9 Å². The summed E-state index contributed by atoms with van der Waals surface area (Å²) in [5, 5.41) is 9.28. The number of rotatable bonds is 4. The molecule has 2 aliphatic rings. The predicted molar refractivity (Wildman–Crippen MR) is 108 cm³/mol. The Kier molecular flexibility index (Phi) is 5.58. The van der Waals surface area contributed by atoms with E-state index in [0.717, 1.165) is 12.0 Å². The van der Waals surface area contributed by atoms with Gasteiger partial charge in [0.05, 0.1) is 24.4 Å². The van der Waals surface area contributed by atoms with Crippen LogP contribution in [-0.2, 0) is 4.79 Å². The zero-order valence-electron chi connectivity index (χ0n) is 16.8. The van der Waals surface area contributed by atoms with E-state index in [-0.39, 0.29) is 23.6 Å². The summed E-state index contributed by atoms with van der Waals surface area (Å²) in [6, 6.07) is 11.0. The first-order valence-corrected chi connectivity index (χ1v) is 10.1. The summed E-state index contributed by atoms with van der Waals surface area (Å²) in [7, 11) is 1.43. The highest BCUT2D eigenvalue weighted by Crippen LogP contribution is 2.38. The topological polar surface area (TPSA) is 56.6 Å². The molecule has 0 bridgehead atoms. The Bertz CT molecular complexity index is 996. The molecular weight excluding hydrogens is 388 g/mol. The molecular formula is C23H23F2N3O2. The molecule has 156 valence electrons. The number of nitriles is 1. The van der Waals surface area contributed by atoms with Gasteiger partial charge < -0.3 is 14.5 Å². The van der Waals surface area contributed by atoms with Crippen molar-refractivity contribution in [2.24, 2.45) is 5.92 Å². The molecule has 1 atom stereocenters. The lowest BCUT2D eigenvalue weighted by molar-refractivity contribution is -0.144. The molecule has 0 aromatic heterocycles. The Morgan fingerprint density at radius 1 is 1.10 bits per heavy atom. The fraction of sp³-hybridized carbons (Fsp3) is 0.391. The van der Waals surface area contributed by atoms with Crippen molar-refractivity contribution in [3.05, 3.63) is 59.2 Å². The van der Waals surface area contributed by atoms with E-state index in [4.69, 9.17) is 4.74 Å². The molecule has 0 N–H and O–H groups in total. The lowest BCUT2D eigenvalue weighted by Gasteiger charge is -2.44. The van der Waals surface area contributed by atoms with Crippen LogP contribution in [0.2, 0.25) is 0 Å². The number of benzene rings is 2. The zero-order valence-corrected chi connectivity index (χ0v) is 16.8. The van der Waals surface area contributed by atoms with Gasteiger partial charge in [0, 0.05) is 25.6 Å². The van der Waals surface area contributed by atoms with Crippen LogP contribution in [0.1, 0.15) is 36.4 Å². The number of hydrogen-bond donors (Lipinski definition) is 0. The van der Waals surface area contributed by atoms with E-state index < -0.39 is 11.6 Å². The van der Waals surface area contributed by atoms with Crippen LogP contribution in [-0.4, -0.2) is 37.6 Å². The maximum atomic E-state index is 13.7. The van der Waals surface area contributed by atoms with Crippen molar-refractivity contribution in [2.45, 2.75) is 25.3 Å². The lowest BCUT2D eigenvalue weighted by Crippen LogP contribution is -2.50. The molecule has 2 aromatic rings. The third-order valence-electron chi connectivity index (χ3n) is 6.13. The number of amides is 1. The van der Waals surface area contributed by atoms with Gasteiger partial charge in [-0.25, -0.2) is 8.78 Å². The molecule has 0 spiro atoms. The largest absolute Gasteiger partial charge is 0.494 e. The van der Waals surface area contributed by atoms with Crippen LogP contribution in [0.4, 0.5) is 14.5 Å². The molecule has 1 unspecified atom stereocenters. The van der Waals surface area contributed by atoms with Gasteiger partial charge in [0.15, 0.2) is 11.6 Å². The third-order valence-corrected chi connectivity index (χ3v) is 6.13. The Morgan fingerprint density at radius 2 is 1.87 bits per heavy atom. The summed E-state index contributed by atoms with van der Waals surface area (Å²) in [5.41, 5.74) is 1.91. The SMILES string of the molecule is COc1cc(C2CCN2C(=O)C2CCN(c3ccc(F)cc3C#N)CC2)ccc1F. The molecule has 0 saturated carbocycles. The number of hydrogen-bond acceptors (Lipinski definition) is 4. The van der Waals surface area contributed by atoms with Crippen LogP contribution >= 0.6 is 0 Å².